The molecule has 120 valence electrons. The predicted octanol–water partition coefficient (Wildman–Crippen LogP) is 1.86. The number of nitro groups is 1. The summed E-state index contributed by atoms with van der Waals surface area (Å²) in [5.41, 5.74) is -0.275. The maximum atomic E-state index is 12.4. The smallest absolute Gasteiger partial charge is 0.286 e. The number of pyridine rings is 1. The van der Waals surface area contributed by atoms with E-state index < -0.39 is 4.92 Å². The van der Waals surface area contributed by atoms with Gasteiger partial charge in [-0.1, -0.05) is 19.3 Å². The summed E-state index contributed by atoms with van der Waals surface area (Å²) in [5, 5.41) is 10.9. The van der Waals surface area contributed by atoms with Gasteiger partial charge in [-0.25, -0.2) is 0 Å². The molecule has 0 N–H and O–H groups in total. The molecule has 1 fully saturated rings. The fourth-order valence-corrected chi connectivity index (χ4v) is 2.91. The second-order valence-electron chi connectivity index (χ2n) is 5.87. The van der Waals surface area contributed by atoms with Crippen LogP contribution in [-0.4, -0.2) is 33.4 Å². The Morgan fingerprint density at radius 2 is 2.05 bits per heavy atom. The molecule has 1 aliphatic carbocycles. The number of carbonyl (C=O) groups excluding carboxylic acids is 1. The number of amides is 1. The first-order valence-corrected chi connectivity index (χ1v) is 7.51. The highest BCUT2D eigenvalue weighted by Gasteiger charge is 2.23. The standard InChI is InChI=1S/C15H21N3O4/c1-11-8-13(18(21)22)9-17(15(11)20)10-14(19)16(2)12-6-4-3-5-7-12/h8-9,12H,3-7,10H2,1-2H3. The molecule has 0 spiro atoms. The van der Waals surface area contributed by atoms with Crippen LogP contribution in [0, 0.1) is 17.0 Å². The summed E-state index contributed by atoms with van der Waals surface area (Å²) in [6, 6.07) is 1.44. The molecule has 1 aromatic heterocycles. The third-order valence-electron chi connectivity index (χ3n) is 4.28. The lowest BCUT2D eigenvalue weighted by Gasteiger charge is -2.31. The van der Waals surface area contributed by atoms with Crippen molar-refractivity contribution < 1.29 is 9.72 Å². The molecule has 1 amide bonds. The Bertz CT molecular complexity index is 632. The van der Waals surface area contributed by atoms with Crippen LogP contribution < -0.4 is 5.56 Å². The summed E-state index contributed by atoms with van der Waals surface area (Å²) in [5.74, 6) is -0.186. The largest absolute Gasteiger partial charge is 0.341 e. The normalized spacial score (nSPS) is 15.5. The molecule has 7 nitrogen and oxygen atoms in total. The van der Waals surface area contributed by atoms with Gasteiger partial charge in [-0.3, -0.25) is 24.3 Å². The van der Waals surface area contributed by atoms with Crippen LogP contribution in [0.4, 0.5) is 5.69 Å². The minimum Gasteiger partial charge on any atom is -0.341 e. The number of hydrogen-bond donors (Lipinski definition) is 0. The van der Waals surface area contributed by atoms with Crippen molar-refractivity contribution in [1.29, 1.82) is 0 Å². The maximum absolute atomic E-state index is 12.4. The van der Waals surface area contributed by atoms with Crippen molar-refractivity contribution in [3.05, 3.63) is 38.3 Å². The molecule has 2 rings (SSSR count). The van der Waals surface area contributed by atoms with Gasteiger partial charge in [0.15, 0.2) is 0 Å². The van der Waals surface area contributed by atoms with Crippen LogP contribution in [0.15, 0.2) is 17.1 Å². The number of aromatic nitrogens is 1. The van der Waals surface area contributed by atoms with Crippen LogP contribution in [0.2, 0.25) is 0 Å². The fourth-order valence-electron chi connectivity index (χ4n) is 2.91. The van der Waals surface area contributed by atoms with E-state index in [2.05, 4.69) is 0 Å². The minimum atomic E-state index is -0.557. The molecule has 1 aliphatic rings. The zero-order valence-electron chi connectivity index (χ0n) is 12.9. The molecule has 1 aromatic rings. The van der Waals surface area contributed by atoms with Gasteiger partial charge in [0.25, 0.3) is 11.2 Å². The first kappa shape index (κ1) is 16.2. The SMILES string of the molecule is Cc1cc([N+](=O)[O-])cn(CC(=O)N(C)C2CCCCC2)c1=O. The van der Waals surface area contributed by atoms with Gasteiger partial charge in [-0.15, -0.1) is 0 Å². The summed E-state index contributed by atoms with van der Waals surface area (Å²) in [6.45, 7) is 1.36. The Balaban J connectivity index is 2.17. The van der Waals surface area contributed by atoms with E-state index in [1.54, 1.807) is 11.9 Å². The van der Waals surface area contributed by atoms with E-state index in [1.807, 2.05) is 0 Å². The molecule has 0 aliphatic heterocycles. The quantitative estimate of drug-likeness (QED) is 0.627. The summed E-state index contributed by atoms with van der Waals surface area (Å²) >= 11 is 0. The summed E-state index contributed by atoms with van der Waals surface area (Å²) in [7, 11) is 1.74. The molecular formula is C15H21N3O4. The van der Waals surface area contributed by atoms with Crippen LogP contribution in [0.25, 0.3) is 0 Å². The van der Waals surface area contributed by atoms with Gasteiger partial charge in [0.05, 0.1) is 11.1 Å². The zero-order chi connectivity index (χ0) is 16.3. The second-order valence-corrected chi connectivity index (χ2v) is 5.87. The molecule has 0 unspecified atom stereocenters. The average molecular weight is 307 g/mol. The van der Waals surface area contributed by atoms with Crippen molar-refractivity contribution >= 4 is 11.6 Å². The van der Waals surface area contributed by atoms with E-state index in [4.69, 9.17) is 0 Å². The number of likely N-dealkylation sites (N-methyl/N-ethyl adjacent to an activating group) is 1. The van der Waals surface area contributed by atoms with E-state index in [1.165, 1.54) is 19.4 Å². The van der Waals surface area contributed by atoms with E-state index in [9.17, 15) is 19.7 Å². The van der Waals surface area contributed by atoms with Crippen molar-refractivity contribution in [2.75, 3.05) is 7.05 Å². The summed E-state index contributed by atoms with van der Waals surface area (Å²) < 4.78 is 1.13. The van der Waals surface area contributed by atoms with Crippen LogP contribution in [0.1, 0.15) is 37.7 Å². The third-order valence-corrected chi connectivity index (χ3v) is 4.28. The number of aryl methyl sites for hydroxylation is 1. The predicted molar refractivity (Wildman–Crippen MR) is 81.7 cm³/mol. The van der Waals surface area contributed by atoms with Crippen LogP contribution in [-0.2, 0) is 11.3 Å². The zero-order valence-corrected chi connectivity index (χ0v) is 12.9. The lowest BCUT2D eigenvalue weighted by Crippen LogP contribution is -2.41. The Labute approximate surface area is 128 Å². The Kier molecular flexibility index (Phi) is 4.95. The maximum Gasteiger partial charge on any atom is 0.286 e. The molecule has 0 aromatic carbocycles. The summed E-state index contributed by atoms with van der Waals surface area (Å²) in [4.78, 5) is 36.4. The van der Waals surface area contributed by atoms with Gasteiger partial charge in [0.1, 0.15) is 6.54 Å². The molecular weight excluding hydrogens is 286 g/mol. The molecule has 1 saturated carbocycles. The highest BCUT2D eigenvalue weighted by atomic mass is 16.6. The Hall–Kier alpha value is -2.18. The van der Waals surface area contributed by atoms with E-state index in [0.29, 0.717) is 0 Å². The van der Waals surface area contributed by atoms with Crippen LogP contribution in [0.5, 0.6) is 0 Å². The van der Waals surface area contributed by atoms with E-state index in [0.717, 1.165) is 36.4 Å². The number of nitrogens with zero attached hydrogens (tertiary/aromatic N) is 3. The topological polar surface area (TPSA) is 85.4 Å². The van der Waals surface area contributed by atoms with Crippen molar-refractivity contribution in [3.8, 4) is 0 Å². The first-order valence-electron chi connectivity index (χ1n) is 7.51. The summed E-state index contributed by atoms with van der Waals surface area (Å²) in [6.07, 6.45) is 6.51. The third kappa shape index (κ3) is 3.52. The van der Waals surface area contributed by atoms with Gasteiger partial charge in [-0.2, -0.15) is 0 Å². The van der Waals surface area contributed by atoms with Gasteiger partial charge in [-0.05, 0) is 19.8 Å². The lowest BCUT2D eigenvalue weighted by molar-refractivity contribution is -0.385. The van der Waals surface area contributed by atoms with Gasteiger partial charge in [0, 0.05) is 24.7 Å². The average Bonchev–Trinajstić information content (AvgIpc) is 2.51. The van der Waals surface area contributed by atoms with Crippen LogP contribution >= 0.6 is 0 Å². The molecule has 0 atom stereocenters. The van der Waals surface area contributed by atoms with Crippen LogP contribution in [0.3, 0.4) is 0 Å². The molecule has 0 radical (unpaired) electrons. The highest BCUT2D eigenvalue weighted by Crippen LogP contribution is 2.21. The number of carbonyl (C=O) groups is 1. The van der Waals surface area contributed by atoms with Crippen molar-refractivity contribution in [1.82, 2.24) is 9.47 Å². The van der Waals surface area contributed by atoms with Gasteiger partial charge in [0.2, 0.25) is 5.91 Å². The van der Waals surface area contributed by atoms with Crippen molar-refractivity contribution in [2.24, 2.45) is 0 Å². The minimum absolute atomic E-state index is 0.158. The fraction of sp³-hybridized carbons (Fsp3) is 0.600. The molecule has 1 heterocycles. The first-order chi connectivity index (χ1) is 10.4. The second kappa shape index (κ2) is 6.72. The molecule has 7 heteroatoms. The Morgan fingerprint density at radius 3 is 2.64 bits per heavy atom. The monoisotopic (exact) mass is 307 g/mol. The van der Waals surface area contributed by atoms with E-state index >= 15 is 0 Å². The number of hydrogen-bond acceptors (Lipinski definition) is 4. The Morgan fingerprint density at radius 1 is 1.41 bits per heavy atom. The van der Waals surface area contributed by atoms with E-state index in [-0.39, 0.29) is 35.3 Å². The van der Waals surface area contributed by atoms with Gasteiger partial charge >= 0.3 is 0 Å². The van der Waals surface area contributed by atoms with Crippen molar-refractivity contribution in [2.45, 2.75) is 51.6 Å². The highest BCUT2D eigenvalue weighted by molar-refractivity contribution is 5.76. The van der Waals surface area contributed by atoms with Crippen molar-refractivity contribution in [3.63, 3.8) is 0 Å². The molecule has 22 heavy (non-hydrogen) atoms. The van der Waals surface area contributed by atoms with Gasteiger partial charge < -0.3 is 4.90 Å². The number of rotatable bonds is 4. The molecule has 0 saturated heterocycles. The lowest BCUT2D eigenvalue weighted by atomic mass is 9.94. The molecule has 0 bridgehead atoms.